The highest BCUT2D eigenvalue weighted by Crippen LogP contribution is 2.13. The lowest BCUT2D eigenvalue weighted by Gasteiger charge is -2.10. The van der Waals surface area contributed by atoms with Gasteiger partial charge in [-0.15, -0.1) is 6.58 Å². The van der Waals surface area contributed by atoms with E-state index in [0.717, 1.165) is 0 Å². The zero-order valence-corrected chi connectivity index (χ0v) is 10.6. The summed E-state index contributed by atoms with van der Waals surface area (Å²) in [4.78, 5) is 11.7. The molecular weight excluding hydrogens is 258 g/mol. The second kappa shape index (κ2) is 6.88. The Kier molecular flexibility index (Phi) is 5.45. The Balaban J connectivity index is 2.48. The first-order valence-electron chi connectivity index (χ1n) is 4.84. The van der Waals surface area contributed by atoms with Crippen LogP contribution in [0.4, 0.5) is 0 Å². The molecule has 3 N–H and O–H groups in total. The summed E-state index contributed by atoms with van der Waals surface area (Å²) < 4.78 is 0. The predicted molar refractivity (Wildman–Crippen MR) is 72.9 cm³/mol. The summed E-state index contributed by atoms with van der Waals surface area (Å²) in [5.74, 6) is -0.349. The third kappa shape index (κ3) is 4.42. The van der Waals surface area contributed by atoms with Crippen LogP contribution in [-0.4, -0.2) is 17.6 Å². The van der Waals surface area contributed by atoms with Crippen molar-refractivity contribution in [3.8, 4) is 0 Å². The van der Waals surface area contributed by atoms with Crippen molar-refractivity contribution < 1.29 is 4.79 Å². The van der Waals surface area contributed by atoms with Crippen molar-refractivity contribution in [1.29, 1.82) is 0 Å². The average molecular weight is 270 g/mol. The third-order valence-electron chi connectivity index (χ3n) is 1.82. The van der Waals surface area contributed by atoms with Crippen LogP contribution >= 0.6 is 23.8 Å². The van der Waals surface area contributed by atoms with E-state index in [4.69, 9.17) is 23.8 Å². The van der Waals surface area contributed by atoms with Crippen LogP contribution in [-0.2, 0) is 0 Å². The second-order valence-electron chi connectivity index (χ2n) is 3.06. The maximum Gasteiger partial charge on any atom is 0.271 e. The van der Waals surface area contributed by atoms with Crippen molar-refractivity contribution in [1.82, 2.24) is 16.2 Å². The highest BCUT2D eigenvalue weighted by molar-refractivity contribution is 7.80. The fraction of sp³-hybridized carbons (Fsp3) is 0.0909. The molecule has 0 heterocycles. The number of carbonyl (C=O) groups excluding carboxylic acids is 1. The van der Waals surface area contributed by atoms with Crippen LogP contribution in [0.2, 0.25) is 5.02 Å². The van der Waals surface area contributed by atoms with E-state index in [2.05, 4.69) is 22.7 Å². The van der Waals surface area contributed by atoms with Gasteiger partial charge in [-0.25, -0.2) is 0 Å². The number of hydrazine groups is 1. The molecule has 0 unspecified atom stereocenters. The number of halogens is 1. The maximum absolute atomic E-state index is 11.7. The summed E-state index contributed by atoms with van der Waals surface area (Å²) in [6, 6.07) is 6.75. The van der Waals surface area contributed by atoms with Gasteiger partial charge < -0.3 is 5.32 Å². The number of hydrogen-bond acceptors (Lipinski definition) is 2. The molecule has 0 aliphatic rings. The van der Waals surface area contributed by atoms with Crippen molar-refractivity contribution in [3.05, 3.63) is 47.5 Å². The normalized spacial score (nSPS) is 9.24. The van der Waals surface area contributed by atoms with Crippen molar-refractivity contribution in [2.75, 3.05) is 6.54 Å². The Morgan fingerprint density at radius 1 is 1.41 bits per heavy atom. The van der Waals surface area contributed by atoms with Crippen molar-refractivity contribution in [3.63, 3.8) is 0 Å². The van der Waals surface area contributed by atoms with Gasteiger partial charge in [0.15, 0.2) is 5.11 Å². The number of nitrogens with one attached hydrogen (secondary N) is 3. The van der Waals surface area contributed by atoms with Gasteiger partial charge in [-0.05, 0) is 24.4 Å². The molecule has 0 saturated heterocycles. The van der Waals surface area contributed by atoms with Crippen LogP contribution in [0.15, 0.2) is 36.9 Å². The third-order valence-corrected chi connectivity index (χ3v) is 2.39. The standard InChI is InChI=1S/C11H12ClN3OS/c1-2-7-13-11(17)15-14-10(16)8-5-3-4-6-9(8)12/h2-6H,1,7H2,(H,14,16)(H2,13,15,17). The van der Waals surface area contributed by atoms with E-state index < -0.39 is 0 Å². The molecule has 0 bridgehead atoms. The first kappa shape index (κ1) is 13.5. The first-order valence-corrected chi connectivity index (χ1v) is 5.63. The first-order chi connectivity index (χ1) is 8.15. The van der Waals surface area contributed by atoms with Crippen molar-refractivity contribution in [2.24, 2.45) is 0 Å². The van der Waals surface area contributed by atoms with E-state index in [1.165, 1.54) is 0 Å². The molecule has 4 nitrogen and oxygen atoms in total. The Bertz CT molecular complexity index is 436. The summed E-state index contributed by atoms with van der Waals surface area (Å²) in [6.07, 6.45) is 1.66. The molecule has 90 valence electrons. The number of rotatable bonds is 3. The SMILES string of the molecule is C=CCNC(=S)NNC(=O)c1ccccc1Cl. The summed E-state index contributed by atoms with van der Waals surface area (Å²) >= 11 is 10.8. The minimum absolute atomic E-state index is 0.310. The number of carbonyl (C=O) groups is 1. The Labute approximate surface area is 110 Å². The molecule has 1 aromatic carbocycles. The Hall–Kier alpha value is -1.59. The van der Waals surface area contributed by atoms with Gasteiger partial charge in [0.2, 0.25) is 0 Å². The van der Waals surface area contributed by atoms with Crippen LogP contribution in [0.3, 0.4) is 0 Å². The minimum atomic E-state index is -0.349. The van der Waals surface area contributed by atoms with Gasteiger partial charge >= 0.3 is 0 Å². The summed E-state index contributed by atoms with van der Waals surface area (Å²) in [6.45, 7) is 4.05. The van der Waals surface area contributed by atoms with Crippen molar-refractivity contribution >= 4 is 34.8 Å². The molecule has 0 aliphatic heterocycles. The maximum atomic E-state index is 11.7. The van der Waals surface area contributed by atoms with E-state index in [9.17, 15) is 4.79 Å². The molecule has 0 atom stereocenters. The molecule has 17 heavy (non-hydrogen) atoms. The van der Waals surface area contributed by atoms with Crippen LogP contribution in [0, 0.1) is 0 Å². The molecule has 1 rings (SSSR count). The summed E-state index contributed by atoms with van der Waals surface area (Å²) in [5.41, 5.74) is 5.38. The fourth-order valence-electron chi connectivity index (χ4n) is 1.04. The lowest BCUT2D eigenvalue weighted by Crippen LogP contribution is -2.46. The lowest BCUT2D eigenvalue weighted by molar-refractivity contribution is 0.0944. The van der Waals surface area contributed by atoms with Crippen LogP contribution in [0.1, 0.15) is 10.4 Å². The van der Waals surface area contributed by atoms with Gasteiger partial charge in [0, 0.05) is 6.54 Å². The molecule has 0 aromatic heterocycles. The van der Waals surface area contributed by atoms with E-state index in [0.29, 0.717) is 22.2 Å². The molecule has 0 fully saturated rings. The van der Waals surface area contributed by atoms with E-state index >= 15 is 0 Å². The average Bonchev–Trinajstić information content (AvgIpc) is 2.34. The highest BCUT2D eigenvalue weighted by Gasteiger charge is 2.08. The van der Waals surface area contributed by atoms with E-state index in [1.807, 2.05) is 0 Å². The monoisotopic (exact) mass is 269 g/mol. The van der Waals surface area contributed by atoms with Gasteiger partial charge in [0.05, 0.1) is 10.6 Å². The highest BCUT2D eigenvalue weighted by atomic mass is 35.5. The lowest BCUT2D eigenvalue weighted by atomic mass is 10.2. The van der Waals surface area contributed by atoms with E-state index in [-0.39, 0.29) is 5.91 Å². The minimum Gasteiger partial charge on any atom is -0.358 e. The molecule has 0 spiro atoms. The Morgan fingerprint density at radius 3 is 2.76 bits per heavy atom. The Morgan fingerprint density at radius 2 is 2.12 bits per heavy atom. The van der Waals surface area contributed by atoms with Gasteiger partial charge in [0.25, 0.3) is 5.91 Å². The second-order valence-corrected chi connectivity index (χ2v) is 3.87. The molecule has 0 saturated carbocycles. The van der Waals surface area contributed by atoms with Crippen LogP contribution in [0.5, 0.6) is 0 Å². The smallest absolute Gasteiger partial charge is 0.271 e. The van der Waals surface area contributed by atoms with Crippen molar-refractivity contribution in [2.45, 2.75) is 0 Å². The van der Waals surface area contributed by atoms with Gasteiger partial charge in [0.1, 0.15) is 0 Å². The molecular formula is C11H12ClN3OS. The zero-order valence-electron chi connectivity index (χ0n) is 9.00. The zero-order chi connectivity index (χ0) is 12.7. The van der Waals surface area contributed by atoms with Crippen LogP contribution in [0.25, 0.3) is 0 Å². The fourth-order valence-corrected chi connectivity index (χ4v) is 1.39. The van der Waals surface area contributed by atoms with Crippen LogP contribution < -0.4 is 16.2 Å². The number of hydrogen-bond donors (Lipinski definition) is 3. The number of amides is 1. The molecule has 1 amide bonds. The molecule has 6 heteroatoms. The molecule has 1 aromatic rings. The quantitative estimate of drug-likeness (QED) is 0.444. The summed E-state index contributed by atoms with van der Waals surface area (Å²) in [5, 5.41) is 3.50. The topological polar surface area (TPSA) is 53.2 Å². The predicted octanol–water partition coefficient (Wildman–Crippen LogP) is 1.63. The van der Waals surface area contributed by atoms with Gasteiger partial charge in [-0.1, -0.05) is 29.8 Å². The van der Waals surface area contributed by atoms with E-state index in [1.54, 1.807) is 30.3 Å². The number of benzene rings is 1. The molecule has 0 aliphatic carbocycles. The van der Waals surface area contributed by atoms with Gasteiger partial charge in [-0.3, -0.25) is 15.6 Å². The largest absolute Gasteiger partial charge is 0.358 e. The van der Waals surface area contributed by atoms with Gasteiger partial charge in [-0.2, -0.15) is 0 Å². The number of thiocarbonyl (C=S) groups is 1. The summed E-state index contributed by atoms with van der Waals surface area (Å²) in [7, 11) is 0. The molecule has 0 radical (unpaired) electrons.